The predicted octanol–water partition coefficient (Wildman–Crippen LogP) is 5.04. The standard InChI is InChI=1S/C25H30N4O6/c1-4-6-20(15-32-2)35-25(31)27-13-17-7-5-8-18(11-17)28-24(30)29-19-9-10-21(22(12-19)33-3)23-14-26-16-34-23/h5,7-12,14,16,20H,4,6,13,15H2,1-3H3,(H,27,31)(H2,28,29,30). The van der Waals surface area contributed by atoms with E-state index in [2.05, 4.69) is 20.9 Å². The number of ether oxygens (including phenoxy) is 3. The van der Waals surface area contributed by atoms with Gasteiger partial charge in [0.1, 0.15) is 11.9 Å². The lowest BCUT2D eigenvalue weighted by molar-refractivity contribution is 0.0343. The fourth-order valence-corrected chi connectivity index (χ4v) is 3.43. The summed E-state index contributed by atoms with van der Waals surface area (Å²) in [5.41, 5.74) is 2.64. The second-order valence-electron chi connectivity index (χ2n) is 7.69. The zero-order valence-corrected chi connectivity index (χ0v) is 20.0. The third kappa shape index (κ3) is 7.75. The van der Waals surface area contributed by atoms with Gasteiger partial charge in [0.05, 0.1) is 25.5 Å². The van der Waals surface area contributed by atoms with Crippen LogP contribution in [-0.2, 0) is 16.0 Å². The first-order valence-corrected chi connectivity index (χ1v) is 11.2. The van der Waals surface area contributed by atoms with E-state index in [4.69, 9.17) is 18.6 Å². The molecule has 3 aromatic rings. The van der Waals surface area contributed by atoms with Crippen LogP contribution >= 0.6 is 0 Å². The van der Waals surface area contributed by atoms with E-state index in [1.54, 1.807) is 49.7 Å². The number of alkyl carbamates (subject to hydrolysis) is 1. The summed E-state index contributed by atoms with van der Waals surface area (Å²) in [7, 11) is 3.11. The van der Waals surface area contributed by atoms with Crippen LogP contribution in [0.3, 0.4) is 0 Å². The molecule has 3 N–H and O–H groups in total. The number of hydrogen-bond donors (Lipinski definition) is 3. The van der Waals surface area contributed by atoms with Crippen LogP contribution in [0.4, 0.5) is 21.0 Å². The van der Waals surface area contributed by atoms with Gasteiger partial charge in [0, 0.05) is 31.1 Å². The van der Waals surface area contributed by atoms with Gasteiger partial charge in [0.2, 0.25) is 0 Å². The summed E-state index contributed by atoms with van der Waals surface area (Å²) < 4.78 is 21.2. The van der Waals surface area contributed by atoms with Crippen LogP contribution in [0.5, 0.6) is 5.75 Å². The summed E-state index contributed by atoms with van der Waals surface area (Å²) in [6.45, 7) is 2.62. The van der Waals surface area contributed by atoms with Crippen molar-refractivity contribution < 1.29 is 28.2 Å². The third-order valence-electron chi connectivity index (χ3n) is 5.02. The molecule has 3 rings (SSSR count). The van der Waals surface area contributed by atoms with Crippen LogP contribution in [0.15, 0.2) is 59.5 Å². The number of methoxy groups -OCH3 is 2. The van der Waals surface area contributed by atoms with Crippen molar-refractivity contribution in [3.8, 4) is 17.1 Å². The van der Waals surface area contributed by atoms with Gasteiger partial charge in [0.25, 0.3) is 0 Å². The van der Waals surface area contributed by atoms with Crippen LogP contribution in [0.1, 0.15) is 25.3 Å². The molecule has 1 aromatic heterocycles. The van der Waals surface area contributed by atoms with E-state index < -0.39 is 12.1 Å². The van der Waals surface area contributed by atoms with Gasteiger partial charge in [-0.2, -0.15) is 0 Å². The molecule has 10 heteroatoms. The molecule has 0 radical (unpaired) electrons. The zero-order chi connectivity index (χ0) is 25.0. The molecule has 1 atom stereocenters. The van der Waals surface area contributed by atoms with Gasteiger partial charge in [-0.15, -0.1) is 0 Å². The highest BCUT2D eigenvalue weighted by Gasteiger charge is 2.14. The Hall–Kier alpha value is -4.05. The summed E-state index contributed by atoms with van der Waals surface area (Å²) in [6.07, 6.45) is 3.73. The molecule has 0 saturated carbocycles. The van der Waals surface area contributed by atoms with Gasteiger partial charge in [-0.05, 0) is 36.2 Å². The normalized spacial score (nSPS) is 11.4. The summed E-state index contributed by atoms with van der Waals surface area (Å²) >= 11 is 0. The maximum absolute atomic E-state index is 12.5. The molecular weight excluding hydrogens is 452 g/mol. The number of rotatable bonds is 11. The van der Waals surface area contributed by atoms with Crippen molar-refractivity contribution in [2.24, 2.45) is 0 Å². The van der Waals surface area contributed by atoms with Crippen molar-refractivity contribution in [1.82, 2.24) is 10.3 Å². The molecule has 10 nitrogen and oxygen atoms in total. The van der Waals surface area contributed by atoms with E-state index in [-0.39, 0.29) is 12.6 Å². The highest BCUT2D eigenvalue weighted by atomic mass is 16.6. The number of anilines is 2. The molecule has 0 aliphatic heterocycles. The number of nitrogens with one attached hydrogen (secondary N) is 3. The topological polar surface area (TPSA) is 124 Å². The zero-order valence-electron chi connectivity index (χ0n) is 20.0. The summed E-state index contributed by atoms with van der Waals surface area (Å²) in [5.74, 6) is 1.10. The van der Waals surface area contributed by atoms with E-state index in [1.165, 1.54) is 13.5 Å². The molecule has 0 spiro atoms. The molecule has 0 aliphatic rings. The van der Waals surface area contributed by atoms with Crippen molar-refractivity contribution in [2.75, 3.05) is 31.5 Å². The Morgan fingerprint density at radius 1 is 1.09 bits per heavy atom. The van der Waals surface area contributed by atoms with Gasteiger partial charge < -0.3 is 34.6 Å². The van der Waals surface area contributed by atoms with Crippen molar-refractivity contribution in [1.29, 1.82) is 0 Å². The first-order chi connectivity index (χ1) is 17.0. The van der Waals surface area contributed by atoms with Crippen LogP contribution in [0.25, 0.3) is 11.3 Å². The second-order valence-corrected chi connectivity index (χ2v) is 7.69. The smallest absolute Gasteiger partial charge is 0.407 e. The largest absolute Gasteiger partial charge is 0.496 e. The second kappa shape index (κ2) is 13.0. The number of hydrogen-bond acceptors (Lipinski definition) is 7. The molecule has 2 aromatic carbocycles. The third-order valence-corrected chi connectivity index (χ3v) is 5.02. The quantitative estimate of drug-likeness (QED) is 0.350. The lowest BCUT2D eigenvalue weighted by Crippen LogP contribution is -2.30. The lowest BCUT2D eigenvalue weighted by Gasteiger charge is -2.17. The minimum absolute atomic E-state index is 0.252. The highest BCUT2D eigenvalue weighted by Crippen LogP contribution is 2.32. The Kier molecular flexibility index (Phi) is 9.49. The van der Waals surface area contributed by atoms with Crippen LogP contribution < -0.4 is 20.7 Å². The van der Waals surface area contributed by atoms with Crippen molar-refractivity contribution in [3.05, 3.63) is 60.6 Å². The molecule has 35 heavy (non-hydrogen) atoms. The molecule has 0 fully saturated rings. The number of urea groups is 1. The average molecular weight is 483 g/mol. The number of carbonyl (C=O) groups is 2. The van der Waals surface area contributed by atoms with Crippen molar-refractivity contribution >= 4 is 23.5 Å². The number of amides is 3. The van der Waals surface area contributed by atoms with Gasteiger partial charge in [-0.1, -0.05) is 25.5 Å². The Labute approximate surface area is 204 Å². The fraction of sp³-hybridized carbons (Fsp3) is 0.320. The van der Waals surface area contributed by atoms with E-state index in [1.807, 2.05) is 13.0 Å². The first-order valence-electron chi connectivity index (χ1n) is 11.2. The van der Waals surface area contributed by atoms with Crippen molar-refractivity contribution in [3.63, 3.8) is 0 Å². The van der Waals surface area contributed by atoms with Crippen molar-refractivity contribution in [2.45, 2.75) is 32.4 Å². The number of oxazole rings is 1. The van der Waals surface area contributed by atoms with Gasteiger partial charge in [-0.3, -0.25) is 0 Å². The molecule has 0 aliphatic carbocycles. The highest BCUT2D eigenvalue weighted by molar-refractivity contribution is 6.00. The minimum Gasteiger partial charge on any atom is -0.496 e. The Bertz CT molecular complexity index is 1100. The number of aromatic nitrogens is 1. The van der Waals surface area contributed by atoms with E-state index in [9.17, 15) is 9.59 Å². The predicted molar refractivity (Wildman–Crippen MR) is 131 cm³/mol. The molecular formula is C25H30N4O6. The van der Waals surface area contributed by atoms with Crippen LogP contribution in [0.2, 0.25) is 0 Å². The number of carbonyl (C=O) groups excluding carboxylic acids is 2. The van der Waals surface area contributed by atoms with Gasteiger partial charge in [-0.25, -0.2) is 14.6 Å². The maximum Gasteiger partial charge on any atom is 0.407 e. The lowest BCUT2D eigenvalue weighted by atomic mass is 10.1. The van der Waals surface area contributed by atoms with E-state index in [0.29, 0.717) is 29.5 Å². The Morgan fingerprint density at radius 3 is 2.57 bits per heavy atom. The molecule has 1 unspecified atom stereocenters. The monoisotopic (exact) mass is 482 g/mol. The maximum atomic E-state index is 12.5. The minimum atomic E-state index is -0.515. The average Bonchev–Trinajstić information content (AvgIpc) is 3.38. The first kappa shape index (κ1) is 25.6. The Balaban J connectivity index is 1.54. The van der Waals surface area contributed by atoms with Crippen LogP contribution in [-0.4, -0.2) is 44.0 Å². The molecule has 1 heterocycles. The molecule has 186 valence electrons. The van der Waals surface area contributed by atoms with Gasteiger partial charge in [0.15, 0.2) is 12.2 Å². The number of nitrogens with zero attached hydrogens (tertiary/aromatic N) is 1. The fourth-order valence-electron chi connectivity index (χ4n) is 3.43. The Morgan fingerprint density at radius 2 is 1.89 bits per heavy atom. The van der Waals surface area contributed by atoms with Gasteiger partial charge >= 0.3 is 12.1 Å². The number of benzene rings is 2. The molecule has 0 bridgehead atoms. The molecule has 3 amide bonds. The molecule has 0 saturated heterocycles. The SMILES string of the molecule is CCCC(COC)OC(=O)NCc1cccc(NC(=O)Nc2ccc(-c3cnco3)c(OC)c2)c1. The van der Waals surface area contributed by atoms with Crippen LogP contribution in [0, 0.1) is 0 Å². The summed E-state index contributed by atoms with van der Waals surface area (Å²) in [4.78, 5) is 28.5. The summed E-state index contributed by atoms with van der Waals surface area (Å²) in [6, 6.07) is 11.9. The van der Waals surface area contributed by atoms with E-state index in [0.717, 1.165) is 24.0 Å². The summed E-state index contributed by atoms with van der Waals surface area (Å²) in [5, 5.41) is 8.28. The van der Waals surface area contributed by atoms with E-state index >= 15 is 0 Å².